The standard InChI is InChI=1S/C21H18ClF3N4O4S.C20H21ClFN3O4S/c22-15-3-5-16(6-4-15)29(21(30)28-7-9-34(31,32)10-8-28)12-14-2-1-13(11-17(14)23)19-26-27-20(33-19)18(24)25;21-16-3-5-17(6-4-16)25(20(27)24-7-9-30(28,29)10-8-24)13-15-2-1-14(11-18(15)22)19(26)12-23/h1-6,11,18H,7-10,12H2;1-6,11H,7-10,12-13,23H2. The van der Waals surface area contributed by atoms with E-state index in [4.69, 9.17) is 33.4 Å². The van der Waals surface area contributed by atoms with E-state index in [1.807, 2.05) is 0 Å². The zero-order chi connectivity index (χ0) is 46.3. The number of halogens is 6. The van der Waals surface area contributed by atoms with Gasteiger partial charge in [-0.2, -0.15) is 8.78 Å². The van der Waals surface area contributed by atoms with Crippen molar-refractivity contribution in [1.82, 2.24) is 20.0 Å². The van der Waals surface area contributed by atoms with Crippen molar-refractivity contribution in [2.45, 2.75) is 19.5 Å². The molecular formula is C41H39Cl2F4N7O8S2. The summed E-state index contributed by atoms with van der Waals surface area (Å²) >= 11 is 11.9. The number of amides is 4. The molecule has 0 atom stereocenters. The first-order chi connectivity index (χ1) is 30.3. The fraction of sp³-hybridized carbons (Fsp3) is 0.293. The van der Waals surface area contributed by atoms with Crippen LogP contribution in [-0.2, 0) is 32.8 Å². The molecule has 64 heavy (non-hydrogen) atoms. The zero-order valence-corrected chi connectivity index (χ0v) is 36.7. The molecule has 2 saturated heterocycles. The highest BCUT2D eigenvalue weighted by atomic mass is 35.5. The summed E-state index contributed by atoms with van der Waals surface area (Å²) in [6, 6.07) is 19.8. The Bertz CT molecular complexity index is 2700. The van der Waals surface area contributed by atoms with Crippen LogP contribution in [-0.4, -0.2) is 110 Å². The topological polar surface area (TPSA) is 197 Å². The molecule has 23 heteroatoms. The lowest BCUT2D eigenvalue weighted by atomic mass is 10.1. The van der Waals surface area contributed by atoms with Crippen molar-refractivity contribution in [3.8, 4) is 11.5 Å². The van der Waals surface area contributed by atoms with Crippen LogP contribution in [0.3, 0.4) is 0 Å². The van der Waals surface area contributed by atoms with Gasteiger partial charge in [-0.15, -0.1) is 10.2 Å². The van der Waals surface area contributed by atoms with Crippen molar-refractivity contribution in [2.24, 2.45) is 5.73 Å². The molecule has 0 aliphatic carbocycles. The van der Waals surface area contributed by atoms with Crippen LogP contribution in [0, 0.1) is 11.6 Å². The largest absolute Gasteiger partial charge is 0.415 e. The summed E-state index contributed by atoms with van der Waals surface area (Å²) in [6.07, 6.45) is -2.95. The van der Waals surface area contributed by atoms with Crippen molar-refractivity contribution >= 4 is 72.1 Å². The molecule has 4 amide bonds. The van der Waals surface area contributed by atoms with Crippen LogP contribution < -0.4 is 15.5 Å². The molecule has 3 heterocycles. The molecule has 5 aromatic rings. The highest BCUT2D eigenvalue weighted by Crippen LogP contribution is 2.28. The van der Waals surface area contributed by atoms with E-state index < -0.39 is 55.7 Å². The maximum atomic E-state index is 15.0. The van der Waals surface area contributed by atoms with Crippen LogP contribution in [0.2, 0.25) is 10.0 Å². The predicted octanol–water partition coefficient (Wildman–Crippen LogP) is 6.80. The number of carbonyl (C=O) groups excluding carboxylic acids is 3. The van der Waals surface area contributed by atoms with E-state index in [1.165, 1.54) is 43.9 Å². The summed E-state index contributed by atoms with van der Waals surface area (Å²) in [6.45, 7) is -0.331. The average Bonchev–Trinajstić information content (AvgIpc) is 3.77. The second kappa shape index (κ2) is 20.5. The first-order valence-corrected chi connectivity index (χ1v) is 23.7. The van der Waals surface area contributed by atoms with E-state index >= 15 is 0 Å². The van der Waals surface area contributed by atoms with E-state index in [0.29, 0.717) is 21.4 Å². The lowest BCUT2D eigenvalue weighted by molar-refractivity contribution is 0.100. The molecule has 2 aliphatic rings. The van der Waals surface area contributed by atoms with Crippen molar-refractivity contribution < 1.29 is 53.2 Å². The molecule has 0 unspecified atom stereocenters. The Balaban J connectivity index is 0.000000214. The van der Waals surface area contributed by atoms with E-state index in [9.17, 15) is 48.8 Å². The normalized spacial score (nSPS) is 15.6. The Kier molecular flexibility index (Phi) is 15.3. The summed E-state index contributed by atoms with van der Waals surface area (Å²) in [4.78, 5) is 43.6. The Hall–Kier alpha value is -5.61. The highest BCUT2D eigenvalue weighted by molar-refractivity contribution is 7.91. The Morgan fingerprint density at radius 2 is 1.11 bits per heavy atom. The molecule has 2 N–H and O–H groups in total. The van der Waals surface area contributed by atoms with Crippen LogP contribution >= 0.6 is 23.2 Å². The van der Waals surface area contributed by atoms with Gasteiger partial charge in [-0.3, -0.25) is 14.6 Å². The summed E-state index contributed by atoms with van der Waals surface area (Å²) < 4.78 is 107. The van der Waals surface area contributed by atoms with Crippen molar-refractivity contribution in [3.63, 3.8) is 0 Å². The molecule has 0 saturated carbocycles. The number of Topliss-reactive ketones (excluding diaryl/α,β-unsaturated/α-hetero) is 1. The number of nitrogens with two attached hydrogens (primary N) is 1. The summed E-state index contributed by atoms with van der Waals surface area (Å²) in [5.74, 6) is -3.41. The van der Waals surface area contributed by atoms with Crippen LogP contribution in [0.15, 0.2) is 89.3 Å². The minimum atomic E-state index is -3.20. The smallest absolute Gasteiger partial charge is 0.324 e. The first kappa shape index (κ1) is 47.9. The number of benzene rings is 4. The number of ketones is 1. The van der Waals surface area contributed by atoms with E-state index in [-0.39, 0.29) is 103 Å². The van der Waals surface area contributed by atoms with Gasteiger partial charge in [0.2, 0.25) is 5.89 Å². The predicted molar refractivity (Wildman–Crippen MR) is 231 cm³/mol. The number of rotatable bonds is 10. The molecule has 15 nitrogen and oxygen atoms in total. The molecule has 4 aromatic carbocycles. The maximum Gasteiger partial charge on any atom is 0.324 e. The minimum absolute atomic E-state index is 0.0241. The minimum Gasteiger partial charge on any atom is -0.415 e. The molecule has 7 rings (SSSR count). The number of hydrogen-bond donors (Lipinski definition) is 1. The Morgan fingerprint density at radius 3 is 1.50 bits per heavy atom. The summed E-state index contributed by atoms with van der Waals surface area (Å²) in [5.41, 5.74) is 6.83. The van der Waals surface area contributed by atoms with Gasteiger partial charge in [0.1, 0.15) is 11.6 Å². The number of aromatic nitrogens is 2. The molecule has 2 aliphatic heterocycles. The van der Waals surface area contributed by atoms with Crippen LogP contribution in [0.5, 0.6) is 0 Å². The van der Waals surface area contributed by atoms with Gasteiger partial charge in [0, 0.05) is 69.9 Å². The van der Waals surface area contributed by atoms with Gasteiger partial charge in [0.05, 0.1) is 42.6 Å². The van der Waals surface area contributed by atoms with E-state index in [0.717, 1.165) is 12.1 Å². The van der Waals surface area contributed by atoms with Crippen molar-refractivity contribution in [3.05, 3.63) is 129 Å². The van der Waals surface area contributed by atoms with Crippen LogP contribution in [0.4, 0.5) is 38.5 Å². The summed E-state index contributed by atoms with van der Waals surface area (Å²) in [7, 11) is -6.36. The van der Waals surface area contributed by atoms with Gasteiger partial charge in [-0.05, 0) is 66.7 Å². The van der Waals surface area contributed by atoms with Gasteiger partial charge in [0.25, 0.3) is 5.89 Å². The second-order valence-electron chi connectivity index (χ2n) is 14.5. The summed E-state index contributed by atoms with van der Waals surface area (Å²) in [5, 5.41) is 7.64. The van der Waals surface area contributed by atoms with Gasteiger partial charge in [-0.25, -0.2) is 35.2 Å². The third-order valence-electron chi connectivity index (χ3n) is 10.1. The van der Waals surface area contributed by atoms with Crippen molar-refractivity contribution in [2.75, 3.05) is 65.5 Å². The SMILES string of the molecule is NCC(=O)c1ccc(CN(C(=O)N2CCS(=O)(=O)CC2)c2ccc(Cl)cc2)c(F)c1.O=C(N1CCS(=O)(=O)CC1)N(Cc1ccc(-c2nnc(C(F)F)o2)cc1F)c1ccc(Cl)cc1. The van der Waals surface area contributed by atoms with Crippen molar-refractivity contribution in [1.29, 1.82) is 0 Å². The molecular weight excluding hydrogens is 930 g/mol. The number of anilines is 2. The third kappa shape index (κ3) is 12.1. The average molecular weight is 969 g/mol. The Labute approximate surface area is 375 Å². The first-order valence-electron chi connectivity index (χ1n) is 19.3. The van der Waals surface area contributed by atoms with Gasteiger partial charge < -0.3 is 20.0 Å². The number of carbonyl (C=O) groups is 3. The number of hydrogen-bond acceptors (Lipinski definition) is 11. The highest BCUT2D eigenvalue weighted by Gasteiger charge is 2.31. The molecule has 0 bridgehead atoms. The maximum absolute atomic E-state index is 15.0. The molecule has 0 spiro atoms. The van der Waals surface area contributed by atoms with Gasteiger partial charge in [-0.1, -0.05) is 41.4 Å². The van der Waals surface area contributed by atoms with Crippen LogP contribution in [0.1, 0.15) is 33.8 Å². The number of nitrogens with zero attached hydrogens (tertiary/aromatic N) is 6. The molecule has 340 valence electrons. The monoisotopic (exact) mass is 967 g/mol. The molecule has 0 radical (unpaired) electrons. The van der Waals surface area contributed by atoms with E-state index in [1.54, 1.807) is 48.5 Å². The fourth-order valence-electron chi connectivity index (χ4n) is 6.49. The lowest BCUT2D eigenvalue weighted by Crippen LogP contribution is -2.49. The zero-order valence-electron chi connectivity index (χ0n) is 33.5. The van der Waals surface area contributed by atoms with E-state index in [2.05, 4.69) is 10.2 Å². The third-order valence-corrected chi connectivity index (χ3v) is 13.8. The van der Waals surface area contributed by atoms with Gasteiger partial charge >= 0.3 is 18.5 Å². The second-order valence-corrected chi connectivity index (χ2v) is 19.9. The Morgan fingerprint density at radius 1 is 0.672 bits per heavy atom. The number of alkyl halides is 2. The molecule has 2 fully saturated rings. The fourth-order valence-corrected chi connectivity index (χ4v) is 9.14. The van der Waals surface area contributed by atoms with Crippen LogP contribution in [0.25, 0.3) is 11.5 Å². The quantitative estimate of drug-likeness (QED) is 0.114. The number of sulfone groups is 2. The lowest BCUT2D eigenvalue weighted by Gasteiger charge is -2.33. The number of urea groups is 2. The van der Waals surface area contributed by atoms with Gasteiger partial charge in [0.15, 0.2) is 25.5 Å². The molecule has 1 aromatic heterocycles.